The van der Waals surface area contributed by atoms with Crippen LogP contribution in [0.3, 0.4) is 0 Å². The molecular weight excluding hydrogens is 356 g/mol. The Balaban J connectivity index is 2.93. The van der Waals surface area contributed by atoms with Gasteiger partial charge in [0.1, 0.15) is 11.6 Å². The molecule has 11 nitrogen and oxygen atoms in total. The molecule has 0 aromatic rings. The van der Waals surface area contributed by atoms with E-state index in [9.17, 15) is 19.2 Å². The summed E-state index contributed by atoms with van der Waals surface area (Å²) in [6.45, 7) is 7.90. The fourth-order valence-electron chi connectivity index (χ4n) is 2.56. The number of carbonyl (C=O) groups excluding carboxylic acids is 4. The maximum atomic E-state index is 12.7. The standard InChI is InChI=1S/C16H28N6O5/c1-6-10(19-14(17)18)12-13(25)22(15(26)20-12)21(9(2)23)8-7-11(24)27-16(3,4)5/h10,12H,6-8H2,1-5H3,(H,20,26)(H4,17,18,19)/t10-,12?/m0/s1. The van der Waals surface area contributed by atoms with E-state index in [4.69, 9.17) is 16.2 Å². The quantitative estimate of drug-likeness (QED) is 0.230. The lowest BCUT2D eigenvalue weighted by Gasteiger charge is -2.28. The number of ether oxygens (including phenoxy) is 1. The summed E-state index contributed by atoms with van der Waals surface area (Å²) in [5.41, 5.74) is 10.0. The van der Waals surface area contributed by atoms with E-state index < -0.39 is 41.5 Å². The zero-order valence-corrected chi connectivity index (χ0v) is 16.3. The Morgan fingerprint density at radius 1 is 1.33 bits per heavy atom. The molecule has 0 aromatic carbocycles. The molecule has 0 saturated carbocycles. The number of guanidine groups is 1. The third kappa shape index (κ3) is 6.12. The molecule has 0 aromatic heterocycles. The summed E-state index contributed by atoms with van der Waals surface area (Å²) in [5.74, 6) is -2.01. The van der Waals surface area contributed by atoms with Gasteiger partial charge >= 0.3 is 12.0 Å². The lowest BCUT2D eigenvalue weighted by molar-refractivity contribution is -0.160. The number of nitrogens with one attached hydrogen (secondary N) is 1. The number of imide groups is 1. The molecule has 1 aliphatic heterocycles. The van der Waals surface area contributed by atoms with E-state index in [1.165, 1.54) is 6.92 Å². The number of nitrogens with two attached hydrogens (primary N) is 2. The summed E-state index contributed by atoms with van der Waals surface area (Å²) < 4.78 is 5.18. The second-order valence-corrected chi connectivity index (χ2v) is 7.09. The number of hydrogen-bond donors (Lipinski definition) is 3. The minimum absolute atomic E-state index is 0.177. The highest BCUT2D eigenvalue weighted by molar-refractivity contribution is 6.05. The molecular formula is C16H28N6O5. The van der Waals surface area contributed by atoms with Crippen LogP contribution in [0.15, 0.2) is 4.99 Å². The van der Waals surface area contributed by atoms with Gasteiger partial charge in [-0.05, 0) is 27.2 Å². The van der Waals surface area contributed by atoms with E-state index in [-0.39, 0.29) is 18.9 Å². The summed E-state index contributed by atoms with van der Waals surface area (Å²) in [7, 11) is 0. The average Bonchev–Trinajstić information content (AvgIpc) is 2.78. The van der Waals surface area contributed by atoms with Crippen LogP contribution < -0.4 is 16.8 Å². The lowest BCUT2D eigenvalue weighted by atomic mass is 10.1. The topological polar surface area (TPSA) is 160 Å². The Labute approximate surface area is 158 Å². The van der Waals surface area contributed by atoms with Gasteiger partial charge in [0.25, 0.3) is 5.91 Å². The van der Waals surface area contributed by atoms with Gasteiger partial charge in [-0.1, -0.05) is 6.92 Å². The Morgan fingerprint density at radius 2 is 1.93 bits per heavy atom. The molecule has 1 unspecified atom stereocenters. The summed E-state index contributed by atoms with van der Waals surface area (Å²) in [6.07, 6.45) is 0.212. The summed E-state index contributed by atoms with van der Waals surface area (Å²) in [5, 5.41) is 4.07. The number of urea groups is 1. The molecule has 11 heteroatoms. The monoisotopic (exact) mass is 384 g/mol. The van der Waals surface area contributed by atoms with Crippen molar-refractivity contribution in [1.82, 2.24) is 15.3 Å². The first kappa shape index (κ1) is 22.2. The van der Waals surface area contributed by atoms with Crippen molar-refractivity contribution in [2.45, 2.75) is 65.1 Å². The fourth-order valence-corrected chi connectivity index (χ4v) is 2.56. The van der Waals surface area contributed by atoms with Gasteiger partial charge in [0.2, 0.25) is 5.91 Å². The van der Waals surface area contributed by atoms with Crippen molar-refractivity contribution in [3.05, 3.63) is 0 Å². The second kappa shape index (κ2) is 8.69. The molecule has 5 N–H and O–H groups in total. The lowest BCUT2D eigenvalue weighted by Crippen LogP contribution is -2.51. The SMILES string of the molecule is CC[C@H](N=C(N)N)C1NC(=O)N(N(CCC(=O)OC(C)(C)C)C(C)=O)C1=O. The second-order valence-electron chi connectivity index (χ2n) is 7.09. The fraction of sp³-hybridized carbons (Fsp3) is 0.688. The predicted octanol–water partition coefficient (Wildman–Crippen LogP) is -0.546. The van der Waals surface area contributed by atoms with E-state index in [2.05, 4.69) is 10.3 Å². The van der Waals surface area contributed by atoms with Gasteiger partial charge < -0.3 is 21.5 Å². The summed E-state index contributed by atoms with van der Waals surface area (Å²) in [4.78, 5) is 52.8. The number of esters is 1. The Kier molecular flexibility index (Phi) is 7.14. The number of hydrogen-bond acceptors (Lipinski definition) is 6. The molecule has 152 valence electrons. The molecule has 1 fully saturated rings. The number of amides is 4. The van der Waals surface area contributed by atoms with E-state index in [0.717, 1.165) is 5.01 Å². The van der Waals surface area contributed by atoms with Crippen LogP contribution in [0, 0.1) is 0 Å². The van der Waals surface area contributed by atoms with Gasteiger partial charge in [0, 0.05) is 6.92 Å². The van der Waals surface area contributed by atoms with Gasteiger partial charge in [-0.3, -0.25) is 14.4 Å². The van der Waals surface area contributed by atoms with Crippen LogP contribution in [-0.2, 0) is 19.1 Å². The van der Waals surface area contributed by atoms with E-state index in [1.807, 2.05) is 0 Å². The third-order valence-electron chi connectivity index (χ3n) is 3.62. The van der Waals surface area contributed by atoms with Crippen LogP contribution >= 0.6 is 0 Å². The number of rotatable bonds is 7. The smallest absolute Gasteiger partial charge is 0.344 e. The van der Waals surface area contributed by atoms with Crippen molar-refractivity contribution < 1.29 is 23.9 Å². The van der Waals surface area contributed by atoms with Crippen LogP contribution in [0.25, 0.3) is 0 Å². The molecule has 1 saturated heterocycles. The van der Waals surface area contributed by atoms with Gasteiger partial charge in [-0.2, -0.15) is 5.01 Å². The van der Waals surface area contributed by atoms with Crippen LogP contribution in [0.2, 0.25) is 0 Å². The molecule has 2 atom stereocenters. The maximum Gasteiger partial charge on any atom is 0.344 e. The van der Waals surface area contributed by atoms with Gasteiger partial charge in [-0.15, -0.1) is 0 Å². The van der Waals surface area contributed by atoms with E-state index in [0.29, 0.717) is 11.4 Å². The third-order valence-corrected chi connectivity index (χ3v) is 3.62. The number of nitrogens with zero attached hydrogens (tertiary/aromatic N) is 3. The molecule has 0 spiro atoms. The minimum Gasteiger partial charge on any atom is -0.460 e. The molecule has 1 heterocycles. The zero-order chi connectivity index (χ0) is 20.9. The van der Waals surface area contributed by atoms with Crippen LogP contribution in [0.1, 0.15) is 47.5 Å². The first-order valence-corrected chi connectivity index (χ1v) is 8.60. The molecule has 27 heavy (non-hydrogen) atoms. The number of carbonyl (C=O) groups is 4. The Bertz CT molecular complexity index is 638. The molecule has 0 aliphatic carbocycles. The first-order chi connectivity index (χ1) is 12.4. The predicted molar refractivity (Wildman–Crippen MR) is 96.9 cm³/mol. The van der Waals surface area contributed by atoms with Crippen LogP contribution in [-0.4, -0.2) is 64.0 Å². The Hall–Kier alpha value is -2.85. The molecule has 1 rings (SSSR count). The zero-order valence-electron chi connectivity index (χ0n) is 16.3. The van der Waals surface area contributed by atoms with Crippen molar-refractivity contribution in [1.29, 1.82) is 0 Å². The van der Waals surface area contributed by atoms with Crippen LogP contribution in [0.5, 0.6) is 0 Å². The molecule has 4 amide bonds. The highest BCUT2D eigenvalue weighted by Crippen LogP contribution is 2.18. The van der Waals surface area contributed by atoms with Crippen molar-refractivity contribution in [3.63, 3.8) is 0 Å². The molecule has 0 radical (unpaired) electrons. The summed E-state index contributed by atoms with van der Waals surface area (Å²) in [6, 6.07) is -2.46. The number of hydrazine groups is 1. The largest absolute Gasteiger partial charge is 0.460 e. The van der Waals surface area contributed by atoms with Crippen molar-refractivity contribution in [3.8, 4) is 0 Å². The number of aliphatic imine (C=N–C) groups is 1. The van der Waals surface area contributed by atoms with Gasteiger partial charge in [0.05, 0.1) is 19.0 Å². The average molecular weight is 384 g/mol. The Morgan fingerprint density at radius 3 is 2.37 bits per heavy atom. The highest BCUT2D eigenvalue weighted by Gasteiger charge is 2.46. The van der Waals surface area contributed by atoms with E-state index >= 15 is 0 Å². The summed E-state index contributed by atoms with van der Waals surface area (Å²) >= 11 is 0. The minimum atomic E-state index is -1.01. The van der Waals surface area contributed by atoms with Gasteiger partial charge in [-0.25, -0.2) is 14.8 Å². The first-order valence-electron chi connectivity index (χ1n) is 8.60. The van der Waals surface area contributed by atoms with Crippen molar-refractivity contribution in [2.75, 3.05) is 6.54 Å². The van der Waals surface area contributed by atoms with Crippen molar-refractivity contribution >= 4 is 29.8 Å². The maximum absolute atomic E-state index is 12.7. The van der Waals surface area contributed by atoms with Crippen LogP contribution in [0.4, 0.5) is 4.79 Å². The molecule has 1 aliphatic rings. The van der Waals surface area contributed by atoms with E-state index in [1.54, 1.807) is 27.7 Å². The normalized spacial score (nSPS) is 18.0. The highest BCUT2D eigenvalue weighted by atomic mass is 16.6. The molecule has 0 bridgehead atoms. The van der Waals surface area contributed by atoms with Crippen molar-refractivity contribution in [2.24, 2.45) is 16.5 Å². The van der Waals surface area contributed by atoms with Gasteiger partial charge in [0.15, 0.2) is 5.96 Å².